The fraction of sp³-hybridized carbons (Fsp3) is 0.688. The summed E-state index contributed by atoms with van der Waals surface area (Å²) >= 11 is 0. The lowest BCUT2D eigenvalue weighted by Gasteiger charge is -2.18. The molecule has 0 atom stereocenters. The molecule has 0 unspecified atom stereocenters. The van der Waals surface area contributed by atoms with E-state index < -0.39 is 5.41 Å². The van der Waals surface area contributed by atoms with Crippen LogP contribution < -0.4 is 0 Å². The molecule has 0 radical (unpaired) electrons. The number of carbonyl (C=O) groups is 1. The van der Waals surface area contributed by atoms with Gasteiger partial charge < -0.3 is 4.74 Å². The van der Waals surface area contributed by atoms with Crippen LogP contribution in [0.2, 0.25) is 0 Å². The van der Waals surface area contributed by atoms with Crippen LogP contribution in [0.3, 0.4) is 0 Å². The van der Waals surface area contributed by atoms with Crippen LogP contribution in [0, 0.1) is 28.8 Å². The minimum Gasteiger partial charge on any atom is -0.372 e. The number of esters is 1. The second kappa shape index (κ2) is 4.46. The van der Waals surface area contributed by atoms with E-state index in [1.54, 1.807) is 0 Å². The van der Waals surface area contributed by atoms with E-state index in [1.807, 2.05) is 6.11 Å². The zero-order valence-corrected chi connectivity index (χ0v) is 12.4. The van der Waals surface area contributed by atoms with Crippen LogP contribution in [0.25, 0.3) is 0 Å². The molecule has 1 rings (SSSR count). The van der Waals surface area contributed by atoms with E-state index >= 15 is 0 Å². The summed E-state index contributed by atoms with van der Waals surface area (Å²) in [5.41, 5.74) is 0.528. The van der Waals surface area contributed by atoms with Crippen molar-refractivity contribution >= 4 is 5.97 Å². The molecule has 0 aromatic heterocycles. The molecule has 100 valence electrons. The highest BCUT2D eigenvalue weighted by Gasteiger charge is 2.81. The maximum absolute atomic E-state index is 12.3. The van der Waals surface area contributed by atoms with Crippen LogP contribution >= 0.6 is 0 Å². The predicted octanol–water partition coefficient (Wildman–Crippen LogP) is 3.92. The topological polar surface area (TPSA) is 26.3 Å². The standard InChI is InChI=1S/C16H24O2/c1-8-10-12(3)11-16(13(17)18-9-2)14(4,5)15(16,6)7/h2,10H,8,11H2,1,3-7H3. The third kappa shape index (κ3) is 1.68. The van der Waals surface area contributed by atoms with Crippen molar-refractivity contribution in [2.75, 3.05) is 0 Å². The summed E-state index contributed by atoms with van der Waals surface area (Å²) in [7, 11) is 0. The van der Waals surface area contributed by atoms with Gasteiger partial charge in [0, 0.05) is 0 Å². The van der Waals surface area contributed by atoms with E-state index in [0.717, 1.165) is 12.8 Å². The highest BCUT2D eigenvalue weighted by atomic mass is 16.5. The Bertz CT molecular complexity index is 405. The van der Waals surface area contributed by atoms with Crippen LogP contribution in [0.15, 0.2) is 11.6 Å². The highest BCUT2D eigenvalue weighted by molar-refractivity contribution is 5.85. The Morgan fingerprint density at radius 1 is 1.28 bits per heavy atom. The molecule has 0 N–H and O–H groups in total. The van der Waals surface area contributed by atoms with Crippen LogP contribution in [-0.4, -0.2) is 5.97 Å². The molecular weight excluding hydrogens is 224 g/mol. The molecule has 0 aliphatic heterocycles. The van der Waals surface area contributed by atoms with Crippen LogP contribution in [0.5, 0.6) is 0 Å². The first-order valence-corrected chi connectivity index (χ1v) is 6.51. The normalized spacial score (nSPS) is 23.1. The molecule has 1 aliphatic carbocycles. The molecular formula is C16H24O2. The Morgan fingerprint density at radius 3 is 2.11 bits per heavy atom. The lowest BCUT2D eigenvalue weighted by molar-refractivity contribution is -0.145. The van der Waals surface area contributed by atoms with E-state index in [2.05, 4.69) is 47.6 Å². The summed E-state index contributed by atoms with van der Waals surface area (Å²) < 4.78 is 4.88. The van der Waals surface area contributed by atoms with Gasteiger partial charge in [-0.3, -0.25) is 4.79 Å². The molecule has 0 saturated heterocycles. The summed E-state index contributed by atoms with van der Waals surface area (Å²) in [6, 6.07) is 0. The maximum atomic E-state index is 12.3. The van der Waals surface area contributed by atoms with Gasteiger partial charge in [-0.15, -0.1) is 0 Å². The van der Waals surface area contributed by atoms with E-state index in [9.17, 15) is 4.79 Å². The molecule has 0 aromatic rings. The lowest BCUT2D eigenvalue weighted by Crippen LogP contribution is -2.25. The van der Waals surface area contributed by atoms with Gasteiger partial charge in [-0.1, -0.05) is 52.7 Å². The molecule has 2 nitrogen and oxygen atoms in total. The SMILES string of the molecule is C#COC(=O)C1(CC(C)=CCC)C(C)(C)C1(C)C. The number of hydrogen-bond donors (Lipinski definition) is 0. The molecule has 0 spiro atoms. The van der Waals surface area contributed by atoms with Gasteiger partial charge in [0.2, 0.25) is 0 Å². The third-order valence-corrected chi connectivity index (χ3v) is 5.23. The van der Waals surface area contributed by atoms with Crippen molar-refractivity contribution in [2.45, 2.75) is 54.4 Å². The van der Waals surface area contributed by atoms with Gasteiger partial charge in [-0.25, -0.2) is 0 Å². The largest absolute Gasteiger partial charge is 0.372 e. The lowest BCUT2D eigenvalue weighted by atomic mass is 9.87. The predicted molar refractivity (Wildman–Crippen MR) is 73.6 cm³/mol. The van der Waals surface area contributed by atoms with Gasteiger partial charge in [-0.2, -0.15) is 0 Å². The van der Waals surface area contributed by atoms with Crippen LogP contribution in [-0.2, 0) is 9.53 Å². The van der Waals surface area contributed by atoms with Crippen molar-refractivity contribution in [3.8, 4) is 12.5 Å². The molecule has 0 heterocycles. The molecule has 2 heteroatoms. The van der Waals surface area contributed by atoms with Gasteiger partial charge in [-0.05, 0) is 30.6 Å². The minimum atomic E-state index is -0.498. The molecule has 0 bridgehead atoms. The van der Waals surface area contributed by atoms with Gasteiger partial charge in [0.15, 0.2) is 0 Å². The van der Waals surface area contributed by atoms with Crippen molar-refractivity contribution in [1.29, 1.82) is 0 Å². The molecule has 0 amide bonds. The van der Waals surface area contributed by atoms with Crippen LogP contribution in [0.1, 0.15) is 54.4 Å². The van der Waals surface area contributed by atoms with Crippen molar-refractivity contribution in [3.05, 3.63) is 11.6 Å². The third-order valence-electron chi connectivity index (χ3n) is 5.23. The number of rotatable bonds is 4. The summed E-state index contributed by atoms with van der Waals surface area (Å²) in [5, 5.41) is 0. The van der Waals surface area contributed by atoms with Gasteiger partial charge >= 0.3 is 5.97 Å². The Hall–Kier alpha value is -1.23. The van der Waals surface area contributed by atoms with E-state index in [-0.39, 0.29) is 16.8 Å². The van der Waals surface area contributed by atoms with Crippen LogP contribution in [0.4, 0.5) is 0 Å². The van der Waals surface area contributed by atoms with Gasteiger partial charge in [0.1, 0.15) is 6.11 Å². The van der Waals surface area contributed by atoms with Crippen molar-refractivity contribution in [3.63, 3.8) is 0 Å². The smallest absolute Gasteiger partial charge is 0.327 e. The zero-order chi connectivity index (χ0) is 14.2. The van der Waals surface area contributed by atoms with Crippen molar-refractivity contribution < 1.29 is 9.53 Å². The molecule has 1 aliphatic rings. The van der Waals surface area contributed by atoms with E-state index in [4.69, 9.17) is 11.2 Å². The summed E-state index contributed by atoms with van der Waals surface area (Å²) in [6.07, 6.45) is 11.0. The van der Waals surface area contributed by atoms with Crippen molar-refractivity contribution in [2.24, 2.45) is 16.2 Å². The first-order chi connectivity index (χ1) is 8.19. The Balaban J connectivity index is 3.13. The summed E-state index contributed by atoms with van der Waals surface area (Å²) in [6.45, 7) is 12.6. The van der Waals surface area contributed by atoms with Gasteiger partial charge in [0.05, 0.1) is 5.41 Å². The highest BCUT2D eigenvalue weighted by Crippen LogP contribution is 2.80. The van der Waals surface area contributed by atoms with E-state index in [1.165, 1.54) is 5.57 Å². The Morgan fingerprint density at radius 2 is 1.78 bits per heavy atom. The summed E-state index contributed by atoms with van der Waals surface area (Å²) in [4.78, 5) is 12.3. The molecule has 1 fully saturated rings. The summed E-state index contributed by atoms with van der Waals surface area (Å²) in [5.74, 6) is -0.260. The number of carbonyl (C=O) groups excluding carboxylic acids is 1. The Kier molecular flexibility index (Phi) is 3.68. The fourth-order valence-electron chi connectivity index (χ4n) is 3.43. The second-order valence-electron chi connectivity index (χ2n) is 6.30. The number of hydrogen-bond acceptors (Lipinski definition) is 2. The molecule has 1 saturated carbocycles. The first-order valence-electron chi connectivity index (χ1n) is 6.51. The maximum Gasteiger partial charge on any atom is 0.327 e. The number of allylic oxidation sites excluding steroid dienone is 2. The monoisotopic (exact) mass is 248 g/mol. The molecule has 0 aromatic carbocycles. The van der Waals surface area contributed by atoms with E-state index in [0.29, 0.717) is 0 Å². The number of terminal acetylenes is 1. The quantitative estimate of drug-likeness (QED) is 0.428. The van der Waals surface area contributed by atoms with Crippen molar-refractivity contribution in [1.82, 2.24) is 0 Å². The Labute approximate surface area is 111 Å². The number of ether oxygens (including phenoxy) is 1. The average Bonchev–Trinajstić information content (AvgIpc) is 2.58. The average molecular weight is 248 g/mol. The minimum absolute atomic E-state index is 0.100. The van der Waals surface area contributed by atoms with Gasteiger partial charge in [0.25, 0.3) is 0 Å². The fourth-order valence-corrected chi connectivity index (χ4v) is 3.43. The zero-order valence-electron chi connectivity index (χ0n) is 12.4. The molecule has 18 heavy (non-hydrogen) atoms. The second-order valence-corrected chi connectivity index (χ2v) is 6.30. The first kappa shape index (κ1) is 14.8.